The molecule has 26 heavy (non-hydrogen) atoms. The van der Waals surface area contributed by atoms with Crippen LogP contribution in [0.3, 0.4) is 0 Å². The van der Waals surface area contributed by atoms with Gasteiger partial charge in [0.2, 0.25) is 0 Å². The summed E-state index contributed by atoms with van der Waals surface area (Å²) >= 11 is 0. The highest BCUT2D eigenvalue weighted by molar-refractivity contribution is 5.07. The van der Waals surface area contributed by atoms with Crippen LogP contribution in [0.1, 0.15) is 65.2 Å². The molecule has 154 valence electrons. The maximum Gasteiger partial charge on any atom is 0.0991 e. The summed E-state index contributed by atoms with van der Waals surface area (Å²) in [5.41, 5.74) is 1.16. The topological polar surface area (TPSA) is 0 Å². The lowest BCUT2D eigenvalue weighted by Crippen LogP contribution is -3.00. The highest BCUT2D eigenvalue weighted by Crippen LogP contribution is 2.62. The Labute approximate surface area is 197 Å². The van der Waals surface area contributed by atoms with E-state index in [0.717, 1.165) is 23.8 Å². The van der Waals surface area contributed by atoms with Crippen molar-refractivity contribution in [3.63, 3.8) is 0 Å². The number of rotatable bonds is 0. The SMILES string of the molecule is C[C@]12CCC3C(CC[C@@H]4[C@]3(C)CCC[N+]4(C)C)C1CCC[N+]2(C)C.[I-].[I-]. The third-order valence-corrected chi connectivity index (χ3v) is 10.1. The molecule has 0 aromatic rings. The maximum absolute atomic E-state index is 2.71. The van der Waals surface area contributed by atoms with E-state index in [1.165, 1.54) is 73.4 Å². The lowest BCUT2D eigenvalue weighted by atomic mass is 9.47. The molecule has 0 amide bonds. The molecule has 2 nitrogen and oxygen atoms in total. The van der Waals surface area contributed by atoms with Crippen LogP contribution in [-0.2, 0) is 0 Å². The fraction of sp³-hybridized carbons (Fsp3) is 1.00. The lowest BCUT2D eigenvalue weighted by molar-refractivity contribution is -0.953. The monoisotopic (exact) mass is 588 g/mol. The zero-order valence-electron chi connectivity index (χ0n) is 18.0. The minimum atomic E-state index is 0. The van der Waals surface area contributed by atoms with Gasteiger partial charge in [0.05, 0.1) is 52.9 Å². The third-order valence-electron chi connectivity index (χ3n) is 10.1. The molecule has 2 saturated carbocycles. The predicted molar refractivity (Wildman–Crippen MR) is 102 cm³/mol. The van der Waals surface area contributed by atoms with Crippen molar-refractivity contribution in [2.24, 2.45) is 23.2 Å². The first-order valence-electron chi connectivity index (χ1n) is 10.8. The minimum absolute atomic E-state index is 0. The van der Waals surface area contributed by atoms with Gasteiger partial charge in [-0.15, -0.1) is 0 Å². The number of piperidine rings is 2. The van der Waals surface area contributed by atoms with Gasteiger partial charge in [-0.2, -0.15) is 0 Å². The Morgan fingerprint density at radius 1 is 0.731 bits per heavy atom. The molecule has 0 radical (unpaired) electrons. The van der Waals surface area contributed by atoms with E-state index >= 15 is 0 Å². The summed E-state index contributed by atoms with van der Waals surface area (Å²) in [6, 6.07) is 0.919. The number of likely N-dealkylation sites (tertiary alicyclic amines) is 2. The van der Waals surface area contributed by atoms with E-state index in [2.05, 4.69) is 42.0 Å². The molecule has 2 saturated heterocycles. The summed E-state index contributed by atoms with van der Waals surface area (Å²) in [4.78, 5) is 0. The Morgan fingerprint density at radius 3 is 2.12 bits per heavy atom. The van der Waals surface area contributed by atoms with Crippen molar-refractivity contribution in [3.05, 3.63) is 0 Å². The molecule has 4 rings (SSSR count). The summed E-state index contributed by atoms with van der Waals surface area (Å²) in [6.07, 6.45) is 11.9. The summed E-state index contributed by atoms with van der Waals surface area (Å²) in [7, 11) is 10.1. The van der Waals surface area contributed by atoms with E-state index in [4.69, 9.17) is 0 Å². The standard InChI is InChI=1S/C22H42N2.2HI/c1-21-13-8-15-23(3,4)20(21)11-10-17-18(21)12-14-22(2)19(17)9-7-16-24(22,5)6;;/h17-20H,7-16H2,1-6H3;2*1H/q+2;;/p-2/t17?,18?,19?,20-,21-,22+;;/m1../s1. The van der Waals surface area contributed by atoms with Crippen LogP contribution in [0.5, 0.6) is 0 Å². The Bertz CT molecular complexity index is 520. The van der Waals surface area contributed by atoms with Gasteiger partial charge in [-0.1, -0.05) is 6.92 Å². The summed E-state index contributed by atoms with van der Waals surface area (Å²) in [5, 5.41) is 0. The highest BCUT2D eigenvalue weighted by atomic mass is 127. The number of hydrogen-bond acceptors (Lipinski definition) is 0. The van der Waals surface area contributed by atoms with Crippen LogP contribution in [0.25, 0.3) is 0 Å². The van der Waals surface area contributed by atoms with E-state index in [1.54, 1.807) is 0 Å². The second kappa shape index (κ2) is 7.57. The number of nitrogens with zero attached hydrogens (tertiary/aromatic N) is 2. The Balaban J connectivity index is 0.00000121. The minimum Gasteiger partial charge on any atom is -1.00 e. The fourth-order valence-electron chi connectivity index (χ4n) is 8.50. The molecule has 0 spiro atoms. The van der Waals surface area contributed by atoms with E-state index in [1.807, 2.05) is 0 Å². The smallest absolute Gasteiger partial charge is 0.0991 e. The molecular formula is C22H42I2N2. The molecule has 0 N–H and O–H groups in total. The molecule has 4 fully saturated rings. The Hall–Kier alpha value is 1.38. The van der Waals surface area contributed by atoms with Crippen molar-refractivity contribution in [2.45, 2.75) is 76.8 Å². The van der Waals surface area contributed by atoms with Crippen LogP contribution < -0.4 is 48.0 Å². The van der Waals surface area contributed by atoms with Gasteiger partial charge in [0.25, 0.3) is 0 Å². The highest BCUT2D eigenvalue weighted by Gasteiger charge is 2.64. The Morgan fingerprint density at radius 2 is 1.42 bits per heavy atom. The van der Waals surface area contributed by atoms with Crippen molar-refractivity contribution < 1.29 is 56.9 Å². The van der Waals surface area contributed by atoms with E-state index in [9.17, 15) is 0 Å². The summed E-state index contributed by atoms with van der Waals surface area (Å²) in [6.45, 7) is 8.17. The van der Waals surface area contributed by atoms with Crippen molar-refractivity contribution in [2.75, 3.05) is 41.3 Å². The van der Waals surface area contributed by atoms with Crippen LogP contribution >= 0.6 is 0 Å². The average molecular weight is 588 g/mol. The van der Waals surface area contributed by atoms with Gasteiger partial charge in [0, 0.05) is 24.2 Å². The zero-order chi connectivity index (χ0) is 17.4. The van der Waals surface area contributed by atoms with E-state index in [-0.39, 0.29) is 48.0 Å². The third kappa shape index (κ3) is 3.23. The van der Waals surface area contributed by atoms with Crippen LogP contribution in [0, 0.1) is 23.2 Å². The summed E-state index contributed by atoms with van der Waals surface area (Å²) < 4.78 is 2.58. The van der Waals surface area contributed by atoms with Gasteiger partial charge in [0.15, 0.2) is 0 Å². The van der Waals surface area contributed by atoms with Gasteiger partial charge in [-0.3, -0.25) is 0 Å². The molecular weight excluding hydrogens is 546 g/mol. The molecule has 4 heteroatoms. The normalized spacial score (nSPS) is 48.7. The number of fused-ring (bicyclic) bond motifs is 5. The maximum atomic E-state index is 2.71. The number of halogens is 2. The van der Waals surface area contributed by atoms with E-state index in [0.29, 0.717) is 11.0 Å². The van der Waals surface area contributed by atoms with E-state index < -0.39 is 0 Å². The van der Waals surface area contributed by atoms with Gasteiger partial charge >= 0.3 is 0 Å². The molecule has 2 aliphatic carbocycles. The second-order valence-electron chi connectivity index (χ2n) is 11.5. The largest absolute Gasteiger partial charge is 1.00 e. The van der Waals surface area contributed by atoms with Gasteiger partial charge < -0.3 is 56.9 Å². The Kier molecular flexibility index (Phi) is 6.89. The first kappa shape index (κ1) is 23.7. The molecule has 6 atom stereocenters. The van der Waals surface area contributed by atoms with Gasteiger partial charge in [-0.05, 0) is 57.3 Å². The summed E-state index contributed by atoms with van der Waals surface area (Å²) in [5.74, 6) is 3.00. The second-order valence-corrected chi connectivity index (χ2v) is 11.5. The number of hydrogen-bond donors (Lipinski definition) is 0. The first-order valence-corrected chi connectivity index (χ1v) is 10.8. The molecule has 0 aromatic carbocycles. The van der Waals surface area contributed by atoms with Crippen molar-refractivity contribution in [3.8, 4) is 0 Å². The molecule has 3 unspecified atom stereocenters. The molecule has 2 aliphatic heterocycles. The van der Waals surface area contributed by atoms with Crippen molar-refractivity contribution in [1.29, 1.82) is 0 Å². The lowest BCUT2D eigenvalue weighted by Gasteiger charge is -2.66. The quantitative estimate of drug-likeness (QED) is 0.234. The first-order chi connectivity index (χ1) is 11.1. The molecule has 0 bridgehead atoms. The van der Waals surface area contributed by atoms with Crippen molar-refractivity contribution in [1.82, 2.24) is 0 Å². The fourth-order valence-corrected chi connectivity index (χ4v) is 8.50. The van der Waals surface area contributed by atoms with Crippen LogP contribution in [0.15, 0.2) is 0 Å². The van der Waals surface area contributed by atoms with Gasteiger partial charge in [0.1, 0.15) is 0 Å². The van der Waals surface area contributed by atoms with Crippen LogP contribution in [-0.4, -0.2) is 61.8 Å². The molecule has 0 aromatic heterocycles. The predicted octanol–water partition coefficient (Wildman–Crippen LogP) is -1.70. The zero-order valence-corrected chi connectivity index (χ0v) is 22.3. The van der Waals surface area contributed by atoms with Crippen LogP contribution in [0.4, 0.5) is 0 Å². The average Bonchev–Trinajstić information content (AvgIpc) is 2.47. The molecule has 2 heterocycles. The van der Waals surface area contributed by atoms with Gasteiger partial charge in [-0.25, -0.2) is 0 Å². The van der Waals surface area contributed by atoms with Crippen LogP contribution in [0.2, 0.25) is 0 Å². The molecule has 4 aliphatic rings. The number of quaternary nitrogens is 2. The van der Waals surface area contributed by atoms with Crippen molar-refractivity contribution >= 4 is 0 Å².